The standard InChI is InChI=1S/C56H57N3O24S6/c1-55(23-27-81-3)48(57(25-5-29-84(63,64)65)44-17-15-40-42(52(44)55)31-38(86(69,70)71)33-46(40)88(75,76)77)19-11-36(8-7-35-9-13-37(14-10-35)54(62)83-59-50(60)21-22-51(59)61)12-20-49-56(2,24-28-82-4)53-43-32-39(87(72,73)74)34-47(89(78,79)80)41(43)16-18-45(53)58(49)26-6-30-85(66,67)68/h9-20,31-34H,5-6,21-30H2,1-4H3,(H5-,63,64,65,66,67,68,69,70,71,72,73,74,75,76,77,78,79,80)/p+1. The summed E-state index contributed by atoms with van der Waals surface area (Å²) in [5.74, 6) is 2.05. The van der Waals surface area contributed by atoms with Crippen LogP contribution in [0.3, 0.4) is 0 Å². The van der Waals surface area contributed by atoms with Gasteiger partial charge in [0.25, 0.3) is 72.5 Å². The van der Waals surface area contributed by atoms with Gasteiger partial charge in [-0.25, -0.2) is 4.79 Å². The first-order chi connectivity index (χ1) is 41.3. The first kappa shape index (κ1) is 67.8. The Morgan fingerprint density at radius 2 is 1.16 bits per heavy atom. The summed E-state index contributed by atoms with van der Waals surface area (Å²) in [6, 6.07) is 14.0. The number of rotatable bonds is 23. The van der Waals surface area contributed by atoms with E-state index in [9.17, 15) is 92.2 Å². The molecule has 0 aliphatic carbocycles. The van der Waals surface area contributed by atoms with Crippen molar-refractivity contribution in [3.8, 4) is 11.8 Å². The van der Waals surface area contributed by atoms with Gasteiger partial charge >= 0.3 is 5.97 Å². The van der Waals surface area contributed by atoms with Gasteiger partial charge in [-0.05, 0) is 128 Å². The zero-order valence-electron chi connectivity index (χ0n) is 47.5. The molecule has 27 nitrogen and oxygen atoms in total. The van der Waals surface area contributed by atoms with Crippen molar-refractivity contribution in [3.63, 3.8) is 0 Å². The van der Waals surface area contributed by atoms with E-state index in [1.54, 1.807) is 35.5 Å². The normalized spacial score (nSPS) is 19.0. The van der Waals surface area contributed by atoms with E-state index in [0.29, 0.717) is 17.2 Å². The molecule has 0 aromatic heterocycles. The summed E-state index contributed by atoms with van der Waals surface area (Å²) in [4.78, 5) is 40.5. The van der Waals surface area contributed by atoms with E-state index in [-0.39, 0.29) is 137 Å². The predicted octanol–water partition coefficient (Wildman–Crippen LogP) is 5.38. The van der Waals surface area contributed by atoms with Crippen LogP contribution in [-0.2, 0) is 95.4 Å². The minimum Gasteiger partial charge on any atom is -0.385 e. The van der Waals surface area contributed by atoms with Crippen molar-refractivity contribution in [1.29, 1.82) is 0 Å². The molecule has 0 bridgehead atoms. The molecule has 2 amide bonds. The topological polar surface area (TPSA) is 415 Å². The second-order valence-electron chi connectivity index (χ2n) is 21.3. The third-order valence-corrected chi connectivity index (χ3v) is 20.4. The fourth-order valence-electron chi connectivity index (χ4n) is 11.2. The number of carbonyl (C=O) groups is 3. The van der Waals surface area contributed by atoms with Gasteiger partial charge in [-0.2, -0.15) is 55.1 Å². The number of methoxy groups -OCH3 is 2. The molecule has 6 N–H and O–H groups in total. The van der Waals surface area contributed by atoms with Crippen LogP contribution in [0.1, 0.15) is 79.4 Å². The molecule has 0 radical (unpaired) electrons. The first-order valence-electron chi connectivity index (χ1n) is 26.5. The highest BCUT2D eigenvalue weighted by atomic mass is 32.2. The van der Waals surface area contributed by atoms with Crippen LogP contribution >= 0.6 is 0 Å². The average molecular weight is 1350 g/mol. The average Bonchev–Trinajstić information content (AvgIpc) is 1.61. The van der Waals surface area contributed by atoms with Crippen LogP contribution in [0.25, 0.3) is 21.5 Å². The Kier molecular flexibility index (Phi) is 19.2. The number of nitrogens with zero attached hydrogens (tertiary/aromatic N) is 3. The Labute approximate surface area is 512 Å². The highest BCUT2D eigenvalue weighted by molar-refractivity contribution is 7.87. The smallest absolute Gasteiger partial charge is 0.363 e. The number of carbonyl (C=O) groups excluding carboxylic acids is 3. The summed E-state index contributed by atoms with van der Waals surface area (Å²) in [7, 11) is -27.2. The molecule has 33 heteroatoms. The van der Waals surface area contributed by atoms with Gasteiger partial charge in [-0.3, -0.25) is 36.9 Å². The van der Waals surface area contributed by atoms with Gasteiger partial charge in [0.1, 0.15) is 16.3 Å². The molecule has 476 valence electrons. The van der Waals surface area contributed by atoms with Crippen molar-refractivity contribution in [2.24, 2.45) is 0 Å². The van der Waals surface area contributed by atoms with Crippen LogP contribution in [0, 0.1) is 11.8 Å². The van der Waals surface area contributed by atoms with E-state index in [2.05, 4.69) is 11.8 Å². The van der Waals surface area contributed by atoms with Crippen molar-refractivity contribution in [2.45, 2.75) is 82.8 Å². The maximum atomic E-state index is 13.1. The largest absolute Gasteiger partial charge is 0.385 e. The molecule has 3 heterocycles. The lowest BCUT2D eigenvalue weighted by atomic mass is 9.74. The van der Waals surface area contributed by atoms with Gasteiger partial charge in [0.05, 0.1) is 32.3 Å². The Hall–Kier alpha value is -7.14. The van der Waals surface area contributed by atoms with Crippen LogP contribution < -0.4 is 4.90 Å². The van der Waals surface area contributed by atoms with Gasteiger partial charge in [0.2, 0.25) is 5.69 Å². The van der Waals surface area contributed by atoms with E-state index in [4.69, 9.17) is 14.3 Å². The molecule has 3 aliphatic rings. The van der Waals surface area contributed by atoms with Gasteiger partial charge in [0, 0.05) is 110 Å². The van der Waals surface area contributed by atoms with Crippen molar-refractivity contribution in [3.05, 3.63) is 131 Å². The van der Waals surface area contributed by atoms with E-state index < -0.39 is 120 Å². The summed E-state index contributed by atoms with van der Waals surface area (Å²) in [5, 5.41) is -0.193. The molecular formula is C56H58N3O24S6+. The Morgan fingerprint density at radius 1 is 0.640 bits per heavy atom. The third-order valence-electron chi connectivity index (χ3n) is 15.3. The number of imide groups is 1. The number of hydrogen-bond acceptors (Lipinski definition) is 19. The summed E-state index contributed by atoms with van der Waals surface area (Å²) < 4.78 is 226. The third kappa shape index (κ3) is 14.7. The van der Waals surface area contributed by atoms with Crippen molar-refractivity contribution in [2.75, 3.05) is 56.9 Å². The van der Waals surface area contributed by atoms with Crippen molar-refractivity contribution in [1.82, 2.24) is 5.06 Å². The fourth-order valence-corrected chi connectivity index (χ4v) is 14.9. The molecular weight excluding hydrogens is 1290 g/mol. The molecule has 0 spiro atoms. The Morgan fingerprint density at radius 3 is 1.67 bits per heavy atom. The molecule has 2 atom stereocenters. The number of hydroxylamine groups is 2. The van der Waals surface area contributed by atoms with E-state index in [1.165, 1.54) is 74.9 Å². The second kappa shape index (κ2) is 25.3. The number of ether oxygens (including phenoxy) is 2. The minimum absolute atomic E-state index is 0.00617. The Bertz CT molecular complexity index is 4710. The molecule has 0 saturated carbocycles. The number of allylic oxidation sites excluding steroid dienone is 6. The molecule has 1 saturated heterocycles. The van der Waals surface area contributed by atoms with Crippen LogP contribution in [-0.4, -0.2) is 163 Å². The molecule has 1 fully saturated rings. The minimum atomic E-state index is -5.22. The van der Waals surface area contributed by atoms with Crippen LogP contribution in [0.15, 0.2) is 128 Å². The van der Waals surface area contributed by atoms with Crippen LogP contribution in [0.2, 0.25) is 0 Å². The van der Waals surface area contributed by atoms with E-state index in [1.807, 2.05) is 0 Å². The lowest BCUT2D eigenvalue weighted by Crippen LogP contribution is -2.33. The molecule has 8 rings (SSSR count). The van der Waals surface area contributed by atoms with Crippen molar-refractivity contribution >= 4 is 117 Å². The van der Waals surface area contributed by atoms with Gasteiger partial charge in [-0.1, -0.05) is 17.9 Å². The summed E-state index contributed by atoms with van der Waals surface area (Å²) in [5.41, 5.74) is -1.10. The van der Waals surface area contributed by atoms with E-state index >= 15 is 0 Å². The summed E-state index contributed by atoms with van der Waals surface area (Å²) in [6.07, 6.45) is 5.26. The maximum absolute atomic E-state index is 13.1. The lowest BCUT2D eigenvalue weighted by Gasteiger charge is -2.30. The lowest BCUT2D eigenvalue weighted by molar-refractivity contribution is -0.437. The van der Waals surface area contributed by atoms with Crippen LogP contribution in [0.5, 0.6) is 0 Å². The number of anilines is 1. The van der Waals surface area contributed by atoms with Crippen LogP contribution in [0.4, 0.5) is 11.4 Å². The molecule has 3 aliphatic heterocycles. The maximum Gasteiger partial charge on any atom is 0.363 e. The molecule has 89 heavy (non-hydrogen) atoms. The zero-order chi connectivity index (χ0) is 65.6. The summed E-state index contributed by atoms with van der Waals surface area (Å²) >= 11 is 0. The number of fused-ring (bicyclic) bond motifs is 6. The highest BCUT2D eigenvalue weighted by Gasteiger charge is 2.50. The SMILES string of the molecule is COCCC1(C)C(/C=C/C(C#Cc2ccc(C(=O)ON3C(=O)CCC3=O)cc2)=C/C=C2/N(CCCS(=O)(=O)O)c3ccc4c(S(=O)(=O)O)cc(S(=O)(=O)O)cc4c3C2(C)CCOC)=[N+](CCCS(=O)(=O)O)c2ccc3c(S(=O)(=O)O)cc(S(=O)(=O)O)cc3c21. The van der Waals surface area contributed by atoms with E-state index in [0.717, 1.165) is 12.1 Å². The fraction of sp³-hybridized carbons (Fsp3) is 0.321. The predicted molar refractivity (Wildman–Crippen MR) is 319 cm³/mol. The highest BCUT2D eigenvalue weighted by Crippen LogP contribution is 2.54. The monoisotopic (exact) mass is 1350 g/mol. The summed E-state index contributed by atoms with van der Waals surface area (Å²) in [6.45, 7) is 2.85. The second-order valence-corrected chi connectivity index (χ2v) is 30.0. The number of hydrogen-bond donors (Lipinski definition) is 6. The molecule has 5 aromatic carbocycles. The molecule has 5 aromatic rings. The zero-order valence-corrected chi connectivity index (χ0v) is 52.4. The van der Waals surface area contributed by atoms with Gasteiger partial charge in [0.15, 0.2) is 5.71 Å². The quantitative estimate of drug-likeness (QED) is 0.0157. The Balaban J connectivity index is 1.41. The number of amides is 2. The first-order valence-corrected chi connectivity index (χ1v) is 35.5. The molecule has 2 unspecified atom stereocenters. The van der Waals surface area contributed by atoms with Crippen molar-refractivity contribution < 1.29 is 111 Å². The van der Waals surface area contributed by atoms with Gasteiger partial charge < -0.3 is 19.2 Å². The number of benzene rings is 5. The van der Waals surface area contributed by atoms with Gasteiger partial charge in [-0.15, -0.1) is 5.06 Å².